The van der Waals surface area contributed by atoms with Crippen LogP contribution in [-0.2, 0) is 21.9 Å². The van der Waals surface area contributed by atoms with Crippen LogP contribution in [0, 0.1) is 26.1 Å². The van der Waals surface area contributed by atoms with Gasteiger partial charge in [0, 0.05) is 69.4 Å². The molecule has 1 atom stereocenters. The van der Waals surface area contributed by atoms with Crippen molar-refractivity contribution in [3.05, 3.63) is 74.6 Å². The van der Waals surface area contributed by atoms with Gasteiger partial charge in [0.25, 0.3) is 11.4 Å². The van der Waals surface area contributed by atoms with Gasteiger partial charge in [0.2, 0.25) is 15.9 Å². The van der Waals surface area contributed by atoms with Gasteiger partial charge < -0.3 is 9.47 Å². The van der Waals surface area contributed by atoms with Gasteiger partial charge in [-0.1, -0.05) is 6.07 Å². The fraction of sp³-hybridized carbons (Fsp3) is 0.370. The number of carbonyl (C=O) groups is 1. The molecule has 15 nitrogen and oxygen atoms in total. The van der Waals surface area contributed by atoms with Gasteiger partial charge in [-0.2, -0.15) is 9.41 Å². The molecule has 0 spiro atoms. The maximum atomic E-state index is 13.8. The van der Waals surface area contributed by atoms with Crippen molar-refractivity contribution in [3.8, 4) is 0 Å². The van der Waals surface area contributed by atoms with E-state index in [0.29, 0.717) is 41.5 Å². The Labute approximate surface area is 258 Å². The zero-order valence-corrected chi connectivity index (χ0v) is 26.0. The molecule has 0 saturated carbocycles. The number of carbonyl (C=O) groups excluding carboxylic acids is 1. The first-order valence-corrected chi connectivity index (χ1v) is 16.0. The maximum absolute atomic E-state index is 13.8. The molecule has 2 heterocycles. The Morgan fingerprint density at radius 1 is 1.18 bits per heavy atom. The van der Waals surface area contributed by atoms with E-state index in [4.69, 9.17) is 0 Å². The number of hydrazone groups is 1. The number of nitrogens with one attached hydrogen (secondary N) is 1. The first kappa shape index (κ1) is 32.6. The van der Waals surface area contributed by atoms with Crippen LogP contribution in [0.5, 0.6) is 0 Å². The molecule has 0 bridgehead atoms. The number of nitrogens with zero attached hydrogens (tertiary/aromatic N) is 7. The molecule has 17 heteroatoms. The lowest BCUT2D eigenvalue weighted by atomic mass is 9.98. The van der Waals surface area contributed by atoms with Crippen LogP contribution in [0.3, 0.4) is 0 Å². The molecule has 234 valence electrons. The van der Waals surface area contributed by atoms with E-state index in [2.05, 4.69) is 15.5 Å². The maximum Gasteiger partial charge on any atom is 0.283 e. The summed E-state index contributed by atoms with van der Waals surface area (Å²) >= 11 is 1.13. The Bertz CT molecular complexity index is 1690. The van der Waals surface area contributed by atoms with E-state index in [9.17, 15) is 33.4 Å². The Balaban J connectivity index is 1.60. The lowest BCUT2D eigenvalue weighted by molar-refractivity contribution is -0.387. The van der Waals surface area contributed by atoms with Crippen molar-refractivity contribution in [1.29, 1.82) is 0 Å². The standard InChI is InChI=1S/C27H32N8O7S2/c1-4-32(5-2)26(36)20-7-6-13-33(18-20)44(41,42)25-16-21(34(37)38)9-10-22(25)30-29-17-19-8-11-24(23(15-19)35(39)40)43-27-28-12-14-31(27)3/h8-12,14-17,20,30H,4-7,13,18H2,1-3H3/b29-17-/t20-/m0/s1. The number of sulfonamides is 1. The van der Waals surface area contributed by atoms with Crippen LogP contribution >= 0.6 is 11.8 Å². The third-order valence-electron chi connectivity index (χ3n) is 7.16. The molecular weight excluding hydrogens is 612 g/mol. The average molecular weight is 645 g/mol. The number of anilines is 1. The molecule has 0 unspecified atom stereocenters. The number of rotatable bonds is 12. The quantitative estimate of drug-likeness (QED) is 0.171. The second-order valence-corrected chi connectivity index (χ2v) is 12.8. The van der Waals surface area contributed by atoms with Crippen molar-refractivity contribution in [2.24, 2.45) is 18.1 Å². The van der Waals surface area contributed by atoms with Gasteiger partial charge in [0.1, 0.15) is 4.90 Å². The first-order chi connectivity index (χ1) is 21.0. The number of non-ortho nitro benzene ring substituents is 1. The number of nitro benzene ring substituents is 2. The van der Waals surface area contributed by atoms with Gasteiger partial charge >= 0.3 is 0 Å². The van der Waals surface area contributed by atoms with E-state index >= 15 is 0 Å². The van der Waals surface area contributed by atoms with E-state index in [1.807, 2.05) is 13.8 Å². The highest BCUT2D eigenvalue weighted by Gasteiger charge is 2.36. The molecule has 1 fully saturated rings. The third-order valence-corrected chi connectivity index (χ3v) is 10.2. The van der Waals surface area contributed by atoms with Gasteiger partial charge in [-0.05, 0) is 50.6 Å². The Kier molecular flexibility index (Phi) is 10.3. The highest BCUT2D eigenvalue weighted by Crippen LogP contribution is 2.35. The summed E-state index contributed by atoms with van der Waals surface area (Å²) in [7, 11) is -2.51. The minimum absolute atomic E-state index is 0.0273. The summed E-state index contributed by atoms with van der Waals surface area (Å²) in [4.78, 5) is 40.9. The molecule has 1 aliphatic rings. The van der Waals surface area contributed by atoms with Crippen LogP contribution in [0.2, 0.25) is 0 Å². The predicted molar refractivity (Wildman–Crippen MR) is 164 cm³/mol. The number of hydrogen-bond donors (Lipinski definition) is 1. The molecule has 1 aliphatic heterocycles. The number of piperidine rings is 1. The highest BCUT2D eigenvalue weighted by atomic mass is 32.2. The minimum Gasteiger partial charge on any atom is -0.343 e. The number of imidazole rings is 1. The van der Waals surface area contributed by atoms with Crippen molar-refractivity contribution in [1.82, 2.24) is 18.8 Å². The molecule has 1 N–H and O–H groups in total. The lowest BCUT2D eigenvalue weighted by Gasteiger charge is -2.34. The molecule has 4 rings (SSSR count). The molecule has 0 radical (unpaired) electrons. The van der Waals surface area contributed by atoms with Gasteiger partial charge in [-0.15, -0.1) is 0 Å². The minimum atomic E-state index is -4.28. The van der Waals surface area contributed by atoms with Gasteiger partial charge in [-0.25, -0.2) is 13.4 Å². The second kappa shape index (κ2) is 14.0. The number of aryl methyl sites for hydroxylation is 1. The SMILES string of the molecule is CCN(CC)C(=O)[C@H]1CCCN(S(=O)(=O)c2cc([N+](=O)[O-])ccc2N/N=C\c2ccc(Sc3nccn3C)c([N+](=O)[O-])c2)C1. The molecule has 1 aromatic heterocycles. The second-order valence-electron chi connectivity index (χ2n) is 9.93. The zero-order chi connectivity index (χ0) is 32.0. The highest BCUT2D eigenvalue weighted by molar-refractivity contribution is 7.99. The summed E-state index contributed by atoms with van der Waals surface area (Å²) < 4.78 is 30.5. The van der Waals surface area contributed by atoms with E-state index in [-0.39, 0.29) is 35.3 Å². The molecule has 0 aliphatic carbocycles. The van der Waals surface area contributed by atoms with Crippen LogP contribution < -0.4 is 5.43 Å². The predicted octanol–water partition coefficient (Wildman–Crippen LogP) is 4.10. The van der Waals surface area contributed by atoms with Crippen LogP contribution in [0.25, 0.3) is 0 Å². The first-order valence-electron chi connectivity index (χ1n) is 13.8. The smallest absolute Gasteiger partial charge is 0.283 e. The van der Waals surface area contributed by atoms with Gasteiger partial charge in [0.05, 0.1) is 32.6 Å². The lowest BCUT2D eigenvalue weighted by Crippen LogP contribution is -2.46. The fourth-order valence-electron chi connectivity index (χ4n) is 4.79. The molecule has 1 saturated heterocycles. The van der Waals surface area contributed by atoms with Crippen LogP contribution in [0.1, 0.15) is 32.3 Å². The largest absolute Gasteiger partial charge is 0.343 e. The average Bonchev–Trinajstić information content (AvgIpc) is 3.42. The Morgan fingerprint density at radius 3 is 2.57 bits per heavy atom. The Morgan fingerprint density at radius 2 is 1.93 bits per heavy atom. The van der Waals surface area contributed by atoms with E-state index in [1.54, 1.807) is 41.0 Å². The number of amides is 1. The topological polar surface area (TPSA) is 186 Å². The molecule has 1 amide bonds. The van der Waals surface area contributed by atoms with Crippen LogP contribution in [0.4, 0.5) is 17.1 Å². The summed E-state index contributed by atoms with van der Waals surface area (Å²) in [5, 5.41) is 27.9. The summed E-state index contributed by atoms with van der Waals surface area (Å²) in [5.41, 5.74) is 2.36. The normalized spacial score (nSPS) is 15.8. The van der Waals surface area contributed by atoms with E-state index in [0.717, 1.165) is 23.9 Å². The number of aromatic nitrogens is 2. The van der Waals surface area contributed by atoms with E-state index in [1.165, 1.54) is 22.7 Å². The molecule has 44 heavy (non-hydrogen) atoms. The number of nitro groups is 2. The monoisotopic (exact) mass is 644 g/mol. The fourth-order valence-corrected chi connectivity index (χ4v) is 7.37. The van der Waals surface area contributed by atoms with Crippen LogP contribution in [0.15, 0.2) is 68.8 Å². The molecule has 3 aromatic rings. The summed E-state index contributed by atoms with van der Waals surface area (Å²) in [6, 6.07) is 7.83. The Hall–Kier alpha value is -4.35. The molecule has 2 aromatic carbocycles. The van der Waals surface area contributed by atoms with Crippen molar-refractivity contribution in [2.75, 3.05) is 31.6 Å². The molecular formula is C27H32N8O7S2. The summed E-state index contributed by atoms with van der Waals surface area (Å²) in [5.74, 6) is -0.656. The number of benzene rings is 2. The van der Waals surface area contributed by atoms with Crippen molar-refractivity contribution >= 4 is 51.0 Å². The van der Waals surface area contributed by atoms with Crippen LogP contribution in [-0.4, -0.2) is 75.3 Å². The third kappa shape index (κ3) is 7.23. The zero-order valence-electron chi connectivity index (χ0n) is 24.3. The van der Waals surface area contributed by atoms with E-state index < -0.39 is 31.5 Å². The van der Waals surface area contributed by atoms with Crippen molar-refractivity contribution < 1.29 is 23.1 Å². The summed E-state index contributed by atoms with van der Waals surface area (Å²) in [6.07, 6.45) is 5.59. The van der Waals surface area contributed by atoms with Gasteiger partial charge in [0.15, 0.2) is 5.16 Å². The summed E-state index contributed by atoms with van der Waals surface area (Å²) in [6.45, 7) is 4.83. The van der Waals surface area contributed by atoms with Gasteiger partial charge in [-0.3, -0.25) is 30.4 Å². The van der Waals surface area contributed by atoms with Crippen molar-refractivity contribution in [2.45, 2.75) is 41.6 Å². The number of hydrogen-bond acceptors (Lipinski definition) is 11. The van der Waals surface area contributed by atoms with Crippen molar-refractivity contribution in [3.63, 3.8) is 0 Å².